The highest BCUT2D eigenvalue weighted by atomic mass is 32.1. The van der Waals surface area contributed by atoms with E-state index in [2.05, 4.69) is 19.2 Å². The van der Waals surface area contributed by atoms with Gasteiger partial charge in [-0.25, -0.2) is 4.98 Å². The molecule has 0 radical (unpaired) electrons. The zero-order valence-electron chi connectivity index (χ0n) is 11.6. The van der Waals surface area contributed by atoms with Gasteiger partial charge in [-0.2, -0.15) is 0 Å². The van der Waals surface area contributed by atoms with Crippen LogP contribution in [0.2, 0.25) is 0 Å². The van der Waals surface area contributed by atoms with E-state index in [1.165, 1.54) is 0 Å². The average molecular weight is 276 g/mol. The van der Waals surface area contributed by atoms with Gasteiger partial charge in [0.05, 0.1) is 5.69 Å². The van der Waals surface area contributed by atoms with Crippen molar-refractivity contribution >= 4 is 17.0 Å². The molecule has 102 valence electrons. The Hall–Kier alpha value is -1.39. The highest BCUT2D eigenvalue weighted by Crippen LogP contribution is 2.34. The number of nitrogen functional groups attached to an aromatic ring is 1. The molecule has 0 saturated heterocycles. The van der Waals surface area contributed by atoms with Crippen LogP contribution >= 0.6 is 11.3 Å². The number of thiazole rings is 1. The number of hydrogen-bond acceptors (Lipinski definition) is 4. The van der Waals surface area contributed by atoms with Gasteiger partial charge in [0, 0.05) is 23.2 Å². The lowest BCUT2D eigenvalue weighted by Crippen LogP contribution is -2.24. The molecule has 2 rings (SSSR count). The number of nitrogens with zero attached hydrogens (tertiary/aromatic N) is 1. The monoisotopic (exact) mass is 276 g/mol. The van der Waals surface area contributed by atoms with Gasteiger partial charge < -0.3 is 10.5 Å². The van der Waals surface area contributed by atoms with Crippen molar-refractivity contribution in [1.82, 2.24) is 4.98 Å². The maximum Gasteiger partial charge on any atom is 0.125 e. The van der Waals surface area contributed by atoms with Crippen LogP contribution in [0.4, 0.5) is 5.69 Å². The Bertz CT molecular complexity index is 553. The van der Waals surface area contributed by atoms with E-state index in [0.717, 1.165) is 28.4 Å². The first-order valence-corrected chi connectivity index (χ1v) is 7.43. The molecular weight excluding hydrogens is 256 g/mol. The molecule has 0 aliphatic heterocycles. The molecule has 0 aliphatic rings. The highest BCUT2D eigenvalue weighted by molar-refractivity contribution is 7.10. The molecule has 1 heterocycles. The zero-order valence-corrected chi connectivity index (χ0v) is 12.5. The molecule has 3 nitrogen and oxygen atoms in total. The molecule has 0 spiro atoms. The Labute approximate surface area is 118 Å². The second-order valence-electron chi connectivity index (χ2n) is 4.68. The molecule has 0 fully saturated rings. The summed E-state index contributed by atoms with van der Waals surface area (Å²) in [6, 6.07) is 7.81. The number of hydrogen-bond donors (Lipinski definition) is 1. The number of nitrogens with two attached hydrogens (primary N) is 1. The van der Waals surface area contributed by atoms with E-state index in [-0.39, 0.29) is 5.60 Å². The fraction of sp³-hybridized carbons (Fsp3) is 0.400. The number of rotatable bonds is 5. The van der Waals surface area contributed by atoms with E-state index >= 15 is 0 Å². The van der Waals surface area contributed by atoms with Gasteiger partial charge >= 0.3 is 0 Å². The Balaban J connectivity index is 2.33. The minimum Gasteiger partial charge on any atom is -0.399 e. The minimum atomic E-state index is -0.294. The average Bonchev–Trinajstić information content (AvgIpc) is 2.89. The molecule has 0 amide bonds. The summed E-state index contributed by atoms with van der Waals surface area (Å²) < 4.78 is 5.86. The van der Waals surface area contributed by atoms with Gasteiger partial charge in [-0.3, -0.25) is 0 Å². The van der Waals surface area contributed by atoms with Crippen molar-refractivity contribution in [2.24, 2.45) is 0 Å². The second kappa shape index (κ2) is 5.72. The standard InChI is InChI=1S/C15H20N2OS/c1-4-15(3,18-5-2)14-17-13(10-19-14)11-7-6-8-12(16)9-11/h6-10H,4-5,16H2,1-3H3. The third kappa shape index (κ3) is 2.96. The summed E-state index contributed by atoms with van der Waals surface area (Å²) in [6.45, 7) is 6.92. The van der Waals surface area contributed by atoms with Crippen molar-refractivity contribution in [2.45, 2.75) is 32.8 Å². The Kier molecular flexibility index (Phi) is 4.22. The number of anilines is 1. The topological polar surface area (TPSA) is 48.1 Å². The van der Waals surface area contributed by atoms with E-state index in [4.69, 9.17) is 15.5 Å². The third-order valence-electron chi connectivity index (χ3n) is 3.28. The molecule has 0 saturated carbocycles. The summed E-state index contributed by atoms with van der Waals surface area (Å²) in [5, 5.41) is 3.09. The lowest BCUT2D eigenvalue weighted by atomic mass is 10.0. The summed E-state index contributed by atoms with van der Waals surface area (Å²) in [7, 11) is 0. The quantitative estimate of drug-likeness (QED) is 0.838. The van der Waals surface area contributed by atoms with Crippen LogP contribution in [0.5, 0.6) is 0 Å². The molecule has 19 heavy (non-hydrogen) atoms. The Morgan fingerprint density at radius 1 is 1.37 bits per heavy atom. The molecule has 0 bridgehead atoms. The second-order valence-corrected chi connectivity index (χ2v) is 5.54. The SMILES string of the molecule is CCOC(C)(CC)c1nc(-c2cccc(N)c2)cs1. The summed E-state index contributed by atoms with van der Waals surface area (Å²) in [5.74, 6) is 0. The van der Waals surface area contributed by atoms with E-state index in [9.17, 15) is 0 Å². The molecule has 1 atom stereocenters. The maximum absolute atomic E-state index is 5.86. The van der Waals surface area contributed by atoms with Crippen molar-refractivity contribution < 1.29 is 4.74 Å². The first kappa shape index (κ1) is 14.0. The predicted octanol–water partition coefficient (Wildman–Crippen LogP) is 4.05. The normalized spacial score (nSPS) is 14.3. The van der Waals surface area contributed by atoms with Gasteiger partial charge in [-0.15, -0.1) is 11.3 Å². The first-order chi connectivity index (χ1) is 9.09. The van der Waals surface area contributed by atoms with Crippen LogP contribution in [-0.4, -0.2) is 11.6 Å². The molecule has 4 heteroatoms. The molecule has 1 aromatic heterocycles. The summed E-state index contributed by atoms with van der Waals surface area (Å²) in [6.07, 6.45) is 0.907. The predicted molar refractivity (Wildman–Crippen MR) is 81.2 cm³/mol. The van der Waals surface area contributed by atoms with Gasteiger partial charge in [0.2, 0.25) is 0 Å². The smallest absolute Gasteiger partial charge is 0.125 e. The molecule has 1 unspecified atom stereocenters. The van der Waals surface area contributed by atoms with Crippen molar-refractivity contribution in [3.63, 3.8) is 0 Å². The van der Waals surface area contributed by atoms with E-state index < -0.39 is 0 Å². The van der Waals surface area contributed by atoms with Gasteiger partial charge in [-0.1, -0.05) is 19.1 Å². The van der Waals surface area contributed by atoms with Crippen LogP contribution in [0.25, 0.3) is 11.3 Å². The van der Waals surface area contributed by atoms with Crippen LogP contribution in [0.3, 0.4) is 0 Å². The van der Waals surface area contributed by atoms with E-state index in [0.29, 0.717) is 6.61 Å². The van der Waals surface area contributed by atoms with Crippen molar-refractivity contribution in [1.29, 1.82) is 0 Å². The van der Waals surface area contributed by atoms with Crippen molar-refractivity contribution in [2.75, 3.05) is 12.3 Å². The Morgan fingerprint density at radius 3 is 2.79 bits per heavy atom. The van der Waals surface area contributed by atoms with Crippen LogP contribution in [0.15, 0.2) is 29.6 Å². The lowest BCUT2D eigenvalue weighted by molar-refractivity contribution is -0.0324. The van der Waals surface area contributed by atoms with Crippen molar-refractivity contribution in [3.05, 3.63) is 34.7 Å². The lowest BCUT2D eigenvalue weighted by Gasteiger charge is -2.25. The number of benzene rings is 1. The van der Waals surface area contributed by atoms with Crippen molar-refractivity contribution in [3.8, 4) is 11.3 Å². The number of ether oxygens (including phenoxy) is 1. The number of aromatic nitrogens is 1. The minimum absolute atomic E-state index is 0.294. The molecule has 2 N–H and O–H groups in total. The van der Waals surface area contributed by atoms with E-state index in [1.807, 2.05) is 31.2 Å². The van der Waals surface area contributed by atoms with Crippen LogP contribution < -0.4 is 5.73 Å². The Morgan fingerprint density at radius 2 is 2.16 bits per heavy atom. The van der Waals surface area contributed by atoms with Crippen LogP contribution in [0.1, 0.15) is 32.2 Å². The molecule has 2 aromatic rings. The van der Waals surface area contributed by atoms with Gasteiger partial charge in [0.1, 0.15) is 10.6 Å². The third-order valence-corrected chi connectivity index (χ3v) is 4.36. The van der Waals surface area contributed by atoms with Gasteiger partial charge in [0.15, 0.2) is 0 Å². The highest BCUT2D eigenvalue weighted by Gasteiger charge is 2.28. The molecule has 0 aliphatic carbocycles. The fourth-order valence-electron chi connectivity index (χ4n) is 1.98. The first-order valence-electron chi connectivity index (χ1n) is 6.55. The largest absolute Gasteiger partial charge is 0.399 e. The van der Waals surface area contributed by atoms with E-state index in [1.54, 1.807) is 11.3 Å². The maximum atomic E-state index is 5.86. The summed E-state index contributed by atoms with van der Waals surface area (Å²) >= 11 is 1.64. The molecule has 1 aromatic carbocycles. The fourth-order valence-corrected chi connectivity index (χ4v) is 3.00. The molecular formula is C15H20N2OS. The summed E-state index contributed by atoms with van der Waals surface area (Å²) in [5.41, 5.74) is 8.30. The van der Waals surface area contributed by atoms with Gasteiger partial charge in [-0.05, 0) is 32.4 Å². The van der Waals surface area contributed by atoms with Gasteiger partial charge in [0.25, 0.3) is 0 Å². The van der Waals surface area contributed by atoms with Crippen LogP contribution in [-0.2, 0) is 10.3 Å². The summed E-state index contributed by atoms with van der Waals surface area (Å²) in [4.78, 5) is 4.72. The van der Waals surface area contributed by atoms with Crippen LogP contribution in [0, 0.1) is 0 Å². The zero-order chi connectivity index (χ0) is 13.9.